The van der Waals surface area contributed by atoms with Crippen molar-refractivity contribution >= 4 is 29.2 Å². The van der Waals surface area contributed by atoms with Crippen LogP contribution in [0, 0.1) is 6.92 Å². The van der Waals surface area contributed by atoms with Gasteiger partial charge in [-0.25, -0.2) is 4.79 Å². The zero-order valence-corrected chi connectivity index (χ0v) is 23.0. The van der Waals surface area contributed by atoms with E-state index in [4.69, 9.17) is 25.8 Å². The maximum atomic E-state index is 13.3. The number of benzene rings is 3. The minimum Gasteiger partial charge on any atom is -0.491 e. The van der Waals surface area contributed by atoms with Crippen molar-refractivity contribution in [3.8, 4) is 28.1 Å². The molecular formula is C31H26ClN3O5. The maximum Gasteiger partial charge on any atom is 0.358 e. The topological polar surface area (TPSA) is 90.8 Å². The second-order valence-electron chi connectivity index (χ2n) is 9.72. The normalized spacial score (nSPS) is 13.2. The van der Waals surface area contributed by atoms with Crippen LogP contribution in [0.25, 0.3) is 22.4 Å². The number of aromatic nitrogens is 2. The summed E-state index contributed by atoms with van der Waals surface area (Å²) in [5, 5.41) is 9.40. The lowest BCUT2D eigenvalue weighted by Crippen LogP contribution is -2.24. The largest absolute Gasteiger partial charge is 0.491 e. The van der Waals surface area contributed by atoms with Crippen LogP contribution >= 0.6 is 11.6 Å². The highest BCUT2D eigenvalue weighted by Gasteiger charge is 2.33. The van der Waals surface area contributed by atoms with Gasteiger partial charge in [0.1, 0.15) is 18.1 Å². The first-order valence-corrected chi connectivity index (χ1v) is 13.2. The summed E-state index contributed by atoms with van der Waals surface area (Å²) in [6, 6.07) is 17.1. The summed E-state index contributed by atoms with van der Waals surface area (Å²) in [6.07, 6.45) is 0.485. The number of esters is 1. The van der Waals surface area contributed by atoms with E-state index in [1.54, 1.807) is 24.1 Å². The van der Waals surface area contributed by atoms with Gasteiger partial charge in [0.2, 0.25) is 0 Å². The highest BCUT2D eigenvalue weighted by molar-refractivity contribution is 6.31. The number of anilines is 1. The second kappa shape index (κ2) is 10.4. The zero-order valence-electron chi connectivity index (χ0n) is 22.3. The minimum atomic E-state index is -0.538. The Hall–Kier alpha value is -4.27. The van der Waals surface area contributed by atoms with E-state index in [-0.39, 0.29) is 11.6 Å². The van der Waals surface area contributed by atoms with Gasteiger partial charge in [0, 0.05) is 46.5 Å². The Morgan fingerprint density at radius 2 is 1.82 bits per heavy atom. The summed E-state index contributed by atoms with van der Waals surface area (Å²) in [7, 11) is 2.96. The molecule has 2 heterocycles. The number of methoxy groups -OCH3 is 2. The SMILES string of the molecule is COCCOc1ccc2c(c1)Cc1c(C(=O)OC)nnc(-c3cccc(N4Cc5ccc(Cl)cc5C4=O)c3C)c1-2. The van der Waals surface area contributed by atoms with E-state index >= 15 is 0 Å². The molecule has 0 radical (unpaired) electrons. The van der Waals surface area contributed by atoms with Crippen LogP contribution in [0.15, 0.2) is 54.6 Å². The highest BCUT2D eigenvalue weighted by Crippen LogP contribution is 2.46. The maximum absolute atomic E-state index is 13.3. The fourth-order valence-electron chi connectivity index (χ4n) is 5.51. The summed E-state index contributed by atoms with van der Waals surface area (Å²) in [4.78, 5) is 27.8. The van der Waals surface area contributed by atoms with E-state index in [1.807, 2.05) is 49.4 Å². The van der Waals surface area contributed by atoms with Crippen LogP contribution in [0.2, 0.25) is 5.02 Å². The Labute approximate surface area is 236 Å². The molecule has 0 unspecified atom stereocenters. The van der Waals surface area contributed by atoms with Crippen LogP contribution in [0.5, 0.6) is 5.75 Å². The number of hydrogen-bond acceptors (Lipinski definition) is 7. The molecule has 3 aromatic carbocycles. The summed E-state index contributed by atoms with van der Waals surface area (Å²) in [6.45, 7) is 3.34. The van der Waals surface area contributed by atoms with Crippen molar-refractivity contribution in [2.45, 2.75) is 19.9 Å². The number of carbonyl (C=O) groups excluding carboxylic acids is 2. The Morgan fingerprint density at radius 3 is 2.62 bits per heavy atom. The van der Waals surface area contributed by atoms with Crippen molar-refractivity contribution in [3.05, 3.63) is 93.1 Å². The molecule has 202 valence electrons. The third kappa shape index (κ3) is 4.29. The summed E-state index contributed by atoms with van der Waals surface area (Å²) in [5.74, 6) is 0.0850. The van der Waals surface area contributed by atoms with Gasteiger partial charge >= 0.3 is 5.97 Å². The number of amides is 1. The number of fused-ring (bicyclic) bond motifs is 4. The molecule has 4 aromatic rings. The molecule has 0 fully saturated rings. The van der Waals surface area contributed by atoms with Gasteiger partial charge in [0.15, 0.2) is 5.69 Å². The highest BCUT2D eigenvalue weighted by atomic mass is 35.5. The number of ether oxygens (including phenoxy) is 3. The average Bonchev–Trinajstić information content (AvgIpc) is 3.50. The van der Waals surface area contributed by atoms with Gasteiger partial charge in [0.25, 0.3) is 5.91 Å². The Balaban J connectivity index is 1.45. The van der Waals surface area contributed by atoms with Gasteiger partial charge < -0.3 is 19.1 Å². The van der Waals surface area contributed by atoms with E-state index in [1.165, 1.54) is 7.11 Å². The number of halogens is 1. The average molecular weight is 556 g/mol. The molecule has 0 spiro atoms. The molecule has 0 bridgehead atoms. The quantitative estimate of drug-likeness (QED) is 0.189. The molecule has 1 aromatic heterocycles. The summed E-state index contributed by atoms with van der Waals surface area (Å²) < 4.78 is 15.9. The Morgan fingerprint density at radius 1 is 0.975 bits per heavy atom. The van der Waals surface area contributed by atoms with E-state index in [0.29, 0.717) is 42.5 Å². The van der Waals surface area contributed by atoms with Crippen LogP contribution in [0.3, 0.4) is 0 Å². The van der Waals surface area contributed by atoms with Crippen molar-refractivity contribution in [1.29, 1.82) is 0 Å². The van der Waals surface area contributed by atoms with Gasteiger partial charge in [-0.3, -0.25) is 4.79 Å². The van der Waals surface area contributed by atoms with E-state index in [9.17, 15) is 9.59 Å². The molecule has 1 aliphatic carbocycles. The van der Waals surface area contributed by atoms with Crippen molar-refractivity contribution < 1.29 is 23.8 Å². The fraction of sp³-hybridized carbons (Fsp3) is 0.226. The summed E-state index contributed by atoms with van der Waals surface area (Å²) in [5.41, 5.74) is 8.39. The molecular weight excluding hydrogens is 530 g/mol. The number of carbonyl (C=O) groups is 2. The Bertz CT molecular complexity index is 1690. The predicted octanol–water partition coefficient (Wildman–Crippen LogP) is 5.65. The van der Waals surface area contributed by atoms with Gasteiger partial charge in [-0.15, -0.1) is 10.2 Å². The lowest BCUT2D eigenvalue weighted by atomic mass is 9.95. The first-order chi connectivity index (χ1) is 19.4. The van der Waals surface area contributed by atoms with Crippen LogP contribution < -0.4 is 9.64 Å². The van der Waals surface area contributed by atoms with Crippen LogP contribution in [-0.2, 0) is 22.4 Å². The summed E-state index contributed by atoms with van der Waals surface area (Å²) >= 11 is 6.17. The first-order valence-electron chi connectivity index (χ1n) is 12.8. The molecule has 0 atom stereocenters. The fourth-order valence-corrected chi connectivity index (χ4v) is 5.68. The molecule has 9 heteroatoms. The van der Waals surface area contributed by atoms with Gasteiger partial charge in [-0.1, -0.05) is 35.9 Å². The lowest BCUT2D eigenvalue weighted by Gasteiger charge is -2.21. The molecule has 8 nitrogen and oxygen atoms in total. The van der Waals surface area contributed by atoms with Gasteiger partial charge in [0.05, 0.1) is 20.3 Å². The molecule has 1 aliphatic heterocycles. The zero-order chi connectivity index (χ0) is 28.0. The number of nitrogens with zero attached hydrogens (tertiary/aromatic N) is 3. The van der Waals surface area contributed by atoms with E-state index in [2.05, 4.69) is 10.2 Å². The second-order valence-corrected chi connectivity index (χ2v) is 10.2. The first kappa shape index (κ1) is 26.0. The molecule has 40 heavy (non-hydrogen) atoms. The third-order valence-corrected chi connectivity index (χ3v) is 7.68. The van der Waals surface area contributed by atoms with Crippen molar-refractivity contribution in [1.82, 2.24) is 10.2 Å². The van der Waals surface area contributed by atoms with Crippen molar-refractivity contribution in [2.24, 2.45) is 0 Å². The van der Waals surface area contributed by atoms with E-state index in [0.717, 1.165) is 50.4 Å². The van der Waals surface area contributed by atoms with Crippen molar-refractivity contribution in [3.63, 3.8) is 0 Å². The monoisotopic (exact) mass is 555 g/mol. The Kier molecular flexibility index (Phi) is 6.73. The lowest BCUT2D eigenvalue weighted by molar-refractivity contribution is 0.0591. The van der Waals surface area contributed by atoms with Crippen LogP contribution in [0.4, 0.5) is 5.69 Å². The van der Waals surface area contributed by atoms with E-state index < -0.39 is 5.97 Å². The standard InChI is InChI=1S/C31H26ClN3O5/c1-17-22(5-4-6-26(17)35-16-18-7-8-20(32)15-24(18)30(35)36)28-27-23-10-9-21(40-12-11-38-2)13-19(23)14-25(27)29(34-33-28)31(37)39-3/h4-10,13,15H,11-12,14,16H2,1-3H3. The predicted molar refractivity (Wildman–Crippen MR) is 151 cm³/mol. The molecule has 1 amide bonds. The number of hydrogen-bond donors (Lipinski definition) is 0. The minimum absolute atomic E-state index is 0.0959. The van der Waals surface area contributed by atoms with Crippen LogP contribution in [-0.4, -0.2) is 49.5 Å². The van der Waals surface area contributed by atoms with Gasteiger partial charge in [-0.05, 0) is 59.5 Å². The molecule has 0 N–H and O–H groups in total. The molecule has 0 saturated heterocycles. The number of rotatable bonds is 7. The van der Waals surface area contributed by atoms with Crippen molar-refractivity contribution in [2.75, 3.05) is 32.3 Å². The third-order valence-electron chi connectivity index (χ3n) is 7.45. The van der Waals surface area contributed by atoms with Gasteiger partial charge in [-0.2, -0.15) is 0 Å². The molecule has 6 rings (SSSR count). The molecule has 0 saturated carbocycles. The smallest absolute Gasteiger partial charge is 0.358 e. The molecule has 2 aliphatic rings. The van der Waals surface area contributed by atoms with Crippen LogP contribution in [0.1, 0.15) is 43.1 Å².